The maximum atomic E-state index is 12.3. The van der Waals surface area contributed by atoms with Crippen molar-refractivity contribution in [2.75, 3.05) is 29.5 Å². The molecule has 2 aromatic carbocycles. The number of nitrogens with zero attached hydrogens (tertiary/aromatic N) is 1. The van der Waals surface area contributed by atoms with Gasteiger partial charge in [-0.1, -0.05) is 31.0 Å². The summed E-state index contributed by atoms with van der Waals surface area (Å²) in [6, 6.07) is 17.0. The number of carbonyl (C=O) groups excluding carboxylic acids is 2. The van der Waals surface area contributed by atoms with E-state index in [4.69, 9.17) is 0 Å². The van der Waals surface area contributed by atoms with Crippen molar-refractivity contribution in [2.24, 2.45) is 0 Å². The molecule has 27 heavy (non-hydrogen) atoms. The SMILES string of the molecule is O=C(CSc1ccccc1)Nc1ccc(NC(=O)N2CCCCCC2)cc1. The topological polar surface area (TPSA) is 61.4 Å². The van der Waals surface area contributed by atoms with Crippen molar-refractivity contribution < 1.29 is 9.59 Å². The van der Waals surface area contributed by atoms with Gasteiger partial charge in [-0.05, 0) is 49.2 Å². The molecular formula is C21H25N3O2S. The van der Waals surface area contributed by atoms with E-state index in [-0.39, 0.29) is 11.9 Å². The summed E-state index contributed by atoms with van der Waals surface area (Å²) in [7, 11) is 0. The Morgan fingerprint density at radius 2 is 1.41 bits per heavy atom. The first kappa shape index (κ1) is 19.3. The van der Waals surface area contributed by atoms with Crippen molar-refractivity contribution in [3.05, 3.63) is 54.6 Å². The molecular weight excluding hydrogens is 358 g/mol. The number of nitrogens with one attached hydrogen (secondary N) is 2. The summed E-state index contributed by atoms with van der Waals surface area (Å²) in [6.07, 6.45) is 4.53. The fraction of sp³-hybridized carbons (Fsp3) is 0.333. The molecule has 0 bridgehead atoms. The molecule has 1 aliphatic rings. The van der Waals surface area contributed by atoms with Crippen LogP contribution < -0.4 is 10.6 Å². The molecule has 1 aliphatic heterocycles. The highest BCUT2D eigenvalue weighted by Gasteiger charge is 2.15. The second kappa shape index (κ2) is 10.0. The molecule has 1 fully saturated rings. The Morgan fingerprint density at radius 1 is 0.815 bits per heavy atom. The second-order valence-corrected chi connectivity index (χ2v) is 7.61. The third kappa shape index (κ3) is 6.32. The lowest BCUT2D eigenvalue weighted by Crippen LogP contribution is -2.35. The number of thioether (sulfide) groups is 1. The first-order valence-electron chi connectivity index (χ1n) is 9.34. The lowest BCUT2D eigenvalue weighted by atomic mass is 10.2. The summed E-state index contributed by atoms with van der Waals surface area (Å²) >= 11 is 1.50. The van der Waals surface area contributed by atoms with Crippen LogP contribution in [0.1, 0.15) is 25.7 Å². The average molecular weight is 384 g/mol. The van der Waals surface area contributed by atoms with Gasteiger partial charge in [-0.2, -0.15) is 0 Å². The highest BCUT2D eigenvalue weighted by molar-refractivity contribution is 8.00. The molecule has 6 heteroatoms. The van der Waals surface area contributed by atoms with Crippen LogP contribution in [0.3, 0.4) is 0 Å². The van der Waals surface area contributed by atoms with Crippen LogP contribution in [-0.2, 0) is 4.79 Å². The van der Waals surface area contributed by atoms with Gasteiger partial charge in [0.25, 0.3) is 0 Å². The minimum atomic E-state index is -0.0507. The van der Waals surface area contributed by atoms with E-state index in [0.717, 1.165) is 42.2 Å². The molecule has 2 N–H and O–H groups in total. The van der Waals surface area contributed by atoms with E-state index in [2.05, 4.69) is 10.6 Å². The molecule has 0 spiro atoms. The Labute approximate surface area is 164 Å². The summed E-state index contributed by atoms with van der Waals surface area (Å²) in [6.45, 7) is 1.64. The lowest BCUT2D eigenvalue weighted by Gasteiger charge is -2.20. The summed E-state index contributed by atoms with van der Waals surface area (Å²) in [4.78, 5) is 27.4. The number of rotatable bonds is 5. The molecule has 1 heterocycles. The maximum absolute atomic E-state index is 12.3. The van der Waals surface area contributed by atoms with Crippen molar-refractivity contribution in [3.63, 3.8) is 0 Å². The van der Waals surface area contributed by atoms with Crippen LogP contribution in [0.2, 0.25) is 0 Å². The largest absolute Gasteiger partial charge is 0.325 e. The maximum Gasteiger partial charge on any atom is 0.321 e. The average Bonchev–Trinajstić information content (AvgIpc) is 2.98. The van der Waals surface area contributed by atoms with Crippen molar-refractivity contribution >= 4 is 35.1 Å². The quantitative estimate of drug-likeness (QED) is 0.727. The van der Waals surface area contributed by atoms with Gasteiger partial charge >= 0.3 is 6.03 Å². The number of anilines is 2. The minimum Gasteiger partial charge on any atom is -0.325 e. The van der Waals surface area contributed by atoms with Gasteiger partial charge in [0, 0.05) is 29.4 Å². The van der Waals surface area contributed by atoms with Crippen LogP contribution in [0.15, 0.2) is 59.5 Å². The first-order valence-corrected chi connectivity index (χ1v) is 10.3. The number of benzene rings is 2. The Hall–Kier alpha value is -2.47. The van der Waals surface area contributed by atoms with Gasteiger partial charge < -0.3 is 15.5 Å². The van der Waals surface area contributed by atoms with E-state index >= 15 is 0 Å². The standard InChI is InChI=1S/C21H25N3O2S/c25-20(16-27-19-8-4-3-5-9-19)22-17-10-12-18(13-11-17)23-21(26)24-14-6-1-2-7-15-24/h3-5,8-13H,1-2,6-7,14-16H2,(H,22,25)(H,23,26). The molecule has 3 rings (SSSR count). The highest BCUT2D eigenvalue weighted by atomic mass is 32.2. The van der Waals surface area contributed by atoms with Crippen LogP contribution in [-0.4, -0.2) is 35.7 Å². The van der Waals surface area contributed by atoms with Crippen LogP contribution in [0.25, 0.3) is 0 Å². The smallest absolute Gasteiger partial charge is 0.321 e. The molecule has 0 aliphatic carbocycles. The monoisotopic (exact) mass is 383 g/mol. The molecule has 0 radical (unpaired) electrons. The number of urea groups is 1. The van der Waals surface area contributed by atoms with Crippen LogP contribution in [0, 0.1) is 0 Å². The van der Waals surface area contributed by atoms with Crippen molar-refractivity contribution in [3.8, 4) is 0 Å². The Kier molecular flexibility index (Phi) is 7.16. The fourth-order valence-corrected chi connectivity index (χ4v) is 3.70. The summed E-state index contributed by atoms with van der Waals surface area (Å²) in [5, 5.41) is 5.82. The second-order valence-electron chi connectivity index (χ2n) is 6.56. The van der Waals surface area contributed by atoms with Gasteiger partial charge in [-0.3, -0.25) is 4.79 Å². The number of amides is 3. The van der Waals surface area contributed by atoms with E-state index in [0.29, 0.717) is 5.75 Å². The molecule has 0 unspecified atom stereocenters. The van der Waals surface area contributed by atoms with Crippen LogP contribution >= 0.6 is 11.8 Å². The number of hydrogen-bond donors (Lipinski definition) is 2. The zero-order valence-electron chi connectivity index (χ0n) is 15.3. The van der Waals surface area contributed by atoms with Gasteiger partial charge in [-0.15, -0.1) is 11.8 Å². The Balaban J connectivity index is 1.46. The van der Waals surface area contributed by atoms with Gasteiger partial charge in [0.15, 0.2) is 0 Å². The summed E-state index contributed by atoms with van der Waals surface area (Å²) in [5.41, 5.74) is 1.46. The molecule has 2 aromatic rings. The van der Waals surface area contributed by atoms with E-state index < -0.39 is 0 Å². The molecule has 1 saturated heterocycles. The van der Waals surface area contributed by atoms with Crippen molar-refractivity contribution in [2.45, 2.75) is 30.6 Å². The lowest BCUT2D eigenvalue weighted by molar-refractivity contribution is -0.113. The summed E-state index contributed by atoms with van der Waals surface area (Å²) in [5.74, 6) is 0.308. The highest BCUT2D eigenvalue weighted by Crippen LogP contribution is 2.19. The van der Waals surface area contributed by atoms with Crippen LogP contribution in [0.5, 0.6) is 0 Å². The van der Waals surface area contributed by atoms with Crippen molar-refractivity contribution in [1.82, 2.24) is 4.90 Å². The van der Waals surface area contributed by atoms with E-state index in [1.54, 1.807) is 0 Å². The predicted octanol–water partition coefficient (Wildman–Crippen LogP) is 4.83. The molecule has 3 amide bonds. The Bertz CT molecular complexity index is 742. The molecule has 0 aromatic heterocycles. The third-order valence-corrected chi connectivity index (χ3v) is 5.44. The normalized spacial score (nSPS) is 14.3. The zero-order chi connectivity index (χ0) is 18.9. The molecule has 0 atom stereocenters. The Morgan fingerprint density at radius 3 is 2.04 bits per heavy atom. The van der Waals surface area contributed by atoms with Gasteiger partial charge in [-0.25, -0.2) is 4.79 Å². The minimum absolute atomic E-state index is 0.0482. The van der Waals surface area contributed by atoms with Gasteiger partial charge in [0.2, 0.25) is 5.91 Å². The van der Waals surface area contributed by atoms with Crippen LogP contribution in [0.4, 0.5) is 16.2 Å². The number of carbonyl (C=O) groups is 2. The molecule has 5 nitrogen and oxygen atoms in total. The zero-order valence-corrected chi connectivity index (χ0v) is 16.1. The van der Waals surface area contributed by atoms with Gasteiger partial charge in [0.05, 0.1) is 5.75 Å². The summed E-state index contributed by atoms with van der Waals surface area (Å²) < 4.78 is 0. The molecule has 0 saturated carbocycles. The predicted molar refractivity (Wildman–Crippen MR) is 111 cm³/mol. The fourth-order valence-electron chi connectivity index (χ4n) is 2.98. The van der Waals surface area contributed by atoms with E-state index in [1.807, 2.05) is 59.5 Å². The third-order valence-electron chi connectivity index (χ3n) is 4.43. The number of hydrogen-bond acceptors (Lipinski definition) is 3. The first-order chi connectivity index (χ1) is 13.2. The molecule has 142 valence electrons. The van der Waals surface area contributed by atoms with E-state index in [1.165, 1.54) is 24.6 Å². The van der Waals surface area contributed by atoms with E-state index in [9.17, 15) is 9.59 Å². The van der Waals surface area contributed by atoms with Gasteiger partial charge in [0.1, 0.15) is 0 Å². The number of likely N-dealkylation sites (tertiary alicyclic amines) is 1. The van der Waals surface area contributed by atoms with Crippen molar-refractivity contribution in [1.29, 1.82) is 0 Å².